The molecule has 0 aliphatic carbocycles. The normalized spacial score (nSPS) is 16.2. The van der Waals surface area contributed by atoms with Gasteiger partial charge in [-0.05, 0) is 68.0 Å². The van der Waals surface area contributed by atoms with Gasteiger partial charge in [0.2, 0.25) is 0 Å². The molecule has 0 unspecified atom stereocenters. The average Bonchev–Trinajstić information content (AvgIpc) is 3.61. The lowest BCUT2D eigenvalue weighted by Gasteiger charge is -2.39. The summed E-state index contributed by atoms with van der Waals surface area (Å²) in [5.41, 5.74) is 4.56. The molecule has 6 rings (SSSR count). The van der Waals surface area contributed by atoms with Crippen molar-refractivity contribution in [2.24, 2.45) is 5.41 Å². The molecule has 1 aromatic carbocycles. The third-order valence-corrected chi connectivity index (χ3v) is 8.23. The van der Waals surface area contributed by atoms with Gasteiger partial charge < -0.3 is 14.5 Å². The Bertz CT molecular complexity index is 1650. The third-order valence-electron chi connectivity index (χ3n) is 8.23. The molecule has 0 saturated carbocycles. The molecule has 0 N–H and O–H groups in total. The van der Waals surface area contributed by atoms with Gasteiger partial charge >= 0.3 is 0 Å². The van der Waals surface area contributed by atoms with Crippen molar-refractivity contribution < 1.29 is 9.53 Å². The van der Waals surface area contributed by atoms with Gasteiger partial charge in [0.05, 0.1) is 30.1 Å². The fourth-order valence-corrected chi connectivity index (χ4v) is 6.03. The highest BCUT2D eigenvalue weighted by Gasteiger charge is 2.42. The van der Waals surface area contributed by atoms with E-state index in [1.54, 1.807) is 23.0 Å². The van der Waals surface area contributed by atoms with Crippen LogP contribution in [0, 0.1) is 29.1 Å². The molecule has 0 radical (unpaired) electrons. The highest BCUT2D eigenvalue weighted by Crippen LogP contribution is 2.42. The van der Waals surface area contributed by atoms with Crippen LogP contribution >= 0.6 is 0 Å². The first-order valence-electron chi connectivity index (χ1n) is 13.6. The third kappa shape index (κ3) is 4.63. The molecule has 2 saturated heterocycles. The number of anilines is 1. The SMILES string of the molecule is C#Cc1cccc(C(=O)N2CCC3(CCN(c4ccc(-c5cc(OCC)cn6ncc(C#N)c56)cn4)CC3)C2)c1. The minimum absolute atomic E-state index is 0.0638. The van der Waals surface area contributed by atoms with Gasteiger partial charge in [0.1, 0.15) is 17.6 Å². The predicted molar refractivity (Wildman–Crippen MR) is 153 cm³/mol. The maximum Gasteiger partial charge on any atom is 0.253 e. The first-order chi connectivity index (χ1) is 19.5. The molecular formula is C32H30N6O2. The van der Waals surface area contributed by atoms with Crippen LogP contribution in [-0.4, -0.2) is 58.2 Å². The maximum atomic E-state index is 13.1. The fourth-order valence-electron chi connectivity index (χ4n) is 6.03. The van der Waals surface area contributed by atoms with Crippen molar-refractivity contribution in [3.05, 3.63) is 77.7 Å². The van der Waals surface area contributed by atoms with Crippen LogP contribution in [0.3, 0.4) is 0 Å². The number of nitrogens with zero attached hydrogens (tertiary/aromatic N) is 6. The van der Waals surface area contributed by atoms with Gasteiger partial charge in [-0.1, -0.05) is 12.0 Å². The van der Waals surface area contributed by atoms with Gasteiger partial charge in [0.25, 0.3) is 5.91 Å². The van der Waals surface area contributed by atoms with Crippen molar-refractivity contribution >= 4 is 17.2 Å². The van der Waals surface area contributed by atoms with Crippen LogP contribution in [0.1, 0.15) is 47.7 Å². The molecule has 8 heteroatoms. The lowest BCUT2D eigenvalue weighted by atomic mass is 9.78. The van der Waals surface area contributed by atoms with Crippen molar-refractivity contribution in [2.75, 3.05) is 37.7 Å². The Balaban J connectivity index is 1.15. The summed E-state index contributed by atoms with van der Waals surface area (Å²) < 4.78 is 7.43. The van der Waals surface area contributed by atoms with E-state index >= 15 is 0 Å². The van der Waals surface area contributed by atoms with Crippen LogP contribution in [0.5, 0.6) is 5.75 Å². The Morgan fingerprint density at radius 3 is 2.67 bits per heavy atom. The van der Waals surface area contributed by atoms with E-state index in [4.69, 9.17) is 16.1 Å². The van der Waals surface area contributed by atoms with E-state index in [1.807, 2.05) is 54.4 Å². The largest absolute Gasteiger partial charge is 0.492 e. The molecule has 1 amide bonds. The van der Waals surface area contributed by atoms with E-state index in [2.05, 4.69) is 22.0 Å². The lowest BCUT2D eigenvalue weighted by molar-refractivity contribution is 0.0764. The molecule has 1 spiro atoms. The van der Waals surface area contributed by atoms with E-state index in [-0.39, 0.29) is 11.3 Å². The molecule has 4 aromatic rings. The number of ether oxygens (including phenoxy) is 1. The quantitative estimate of drug-likeness (QED) is 0.345. The van der Waals surface area contributed by atoms with Crippen LogP contribution in [-0.2, 0) is 0 Å². The summed E-state index contributed by atoms with van der Waals surface area (Å²) in [6.45, 7) is 5.83. The molecule has 2 aliphatic rings. The van der Waals surface area contributed by atoms with Crippen molar-refractivity contribution in [1.29, 1.82) is 5.26 Å². The number of likely N-dealkylation sites (tertiary alicyclic amines) is 1. The van der Waals surface area contributed by atoms with Gasteiger partial charge in [-0.2, -0.15) is 10.4 Å². The van der Waals surface area contributed by atoms with E-state index in [9.17, 15) is 10.1 Å². The number of benzene rings is 1. The standard InChI is InChI=1S/C32H30N6O2/c1-3-23-6-5-7-24(16-23)31(39)37-15-12-32(22-37)10-13-36(14-11-32)29-9-8-25(19-34-29)28-17-27(40-4-2)21-38-30(28)26(18-33)20-35-38/h1,5-9,16-17,19-21H,4,10-15,22H2,2H3. The summed E-state index contributed by atoms with van der Waals surface area (Å²) in [5.74, 6) is 4.30. The first kappa shape index (κ1) is 25.5. The van der Waals surface area contributed by atoms with E-state index in [0.29, 0.717) is 23.5 Å². The zero-order valence-corrected chi connectivity index (χ0v) is 22.5. The Hall–Kier alpha value is -4.82. The minimum atomic E-state index is 0.0638. The summed E-state index contributed by atoms with van der Waals surface area (Å²) in [7, 11) is 0. The number of fused-ring (bicyclic) bond motifs is 1. The molecular weight excluding hydrogens is 500 g/mol. The van der Waals surface area contributed by atoms with Crippen LogP contribution in [0.15, 0.2) is 61.1 Å². The van der Waals surface area contributed by atoms with E-state index < -0.39 is 0 Å². The number of carbonyl (C=O) groups excluding carboxylic acids is 1. The summed E-state index contributed by atoms with van der Waals surface area (Å²) in [6.07, 6.45) is 13.8. The van der Waals surface area contributed by atoms with Gasteiger partial charge in [0.15, 0.2) is 0 Å². The van der Waals surface area contributed by atoms with Crippen molar-refractivity contribution in [3.8, 4) is 35.3 Å². The van der Waals surface area contributed by atoms with E-state index in [1.165, 1.54) is 0 Å². The maximum absolute atomic E-state index is 13.1. The monoisotopic (exact) mass is 530 g/mol. The second kappa shape index (κ2) is 10.4. The van der Waals surface area contributed by atoms with Crippen molar-refractivity contribution in [1.82, 2.24) is 19.5 Å². The Morgan fingerprint density at radius 2 is 1.95 bits per heavy atom. The van der Waals surface area contributed by atoms with Crippen molar-refractivity contribution in [2.45, 2.75) is 26.2 Å². The summed E-state index contributed by atoms with van der Waals surface area (Å²) in [6, 6.07) is 15.6. The number of terminal acetylenes is 1. The number of hydrogen-bond donors (Lipinski definition) is 0. The molecule has 2 fully saturated rings. The molecule has 2 aliphatic heterocycles. The smallest absolute Gasteiger partial charge is 0.253 e. The van der Waals surface area contributed by atoms with Gasteiger partial charge in [-0.15, -0.1) is 6.42 Å². The van der Waals surface area contributed by atoms with Crippen LogP contribution in [0.25, 0.3) is 16.6 Å². The van der Waals surface area contributed by atoms with Gasteiger partial charge in [-0.3, -0.25) is 4.79 Å². The van der Waals surface area contributed by atoms with Crippen molar-refractivity contribution in [3.63, 3.8) is 0 Å². The number of hydrogen-bond acceptors (Lipinski definition) is 6. The molecule has 200 valence electrons. The zero-order chi connectivity index (χ0) is 27.7. The average molecular weight is 531 g/mol. The molecule has 40 heavy (non-hydrogen) atoms. The minimum Gasteiger partial charge on any atom is -0.492 e. The highest BCUT2D eigenvalue weighted by molar-refractivity contribution is 5.94. The van der Waals surface area contributed by atoms with Crippen LogP contribution < -0.4 is 9.64 Å². The first-order valence-corrected chi connectivity index (χ1v) is 13.6. The Morgan fingerprint density at radius 1 is 1.12 bits per heavy atom. The van der Waals surface area contributed by atoms with Crippen LogP contribution in [0.4, 0.5) is 5.82 Å². The fraction of sp³-hybridized carbons (Fsp3) is 0.312. The topological polar surface area (TPSA) is 86.8 Å². The van der Waals surface area contributed by atoms with Gasteiger partial charge in [-0.25, -0.2) is 9.50 Å². The summed E-state index contributed by atoms with van der Waals surface area (Å²) in [5, 5.41) is 13.9. The molecule has 0 bridgehead atoms. The second-order valence-corrected chi connectivity index (χ2v) is 10.6. The number of aromatic nitrogens is 3. The van der Waals surface area contributed by atoms with Gasteiger partial charge in [0, 0.05) is 54.6 Å². The number of pyridine rings is 2. The summed E-state index contributed by atoms with van der Waals surface area (Å²) in [4.78, 5) is 22.3. The molecule has 0 atom stereocenters. The summed E-state index contributed by atoms with van der Waals surface area (Å²) >= 11 is 0. The highest BCUT2D eigenvalue weighted by atomic mass is 16.5. The predicted octanol–water partition coefficient (Wildman–Crippen LogP) is 4.78. The Kier molecular flexibility index (Phi) is 6.61. The second-order valence-electron chi connectivity index (χ2n) is 10.6. The number of amides is 1. The van der Waals surface area contributed by atoms with Crippen LogP contribution in [0.2, 0.25) is 0 Å². The number of carbonyl (C=O) groups is 1. The lowest BCUT2D eigenvalue weighted by Crippen LogP contribution is -2.42. The zero-order valence-electron chi connectivity index (χ0n) is 22.5. The molecule has 3 aromatic heterocycles. The molecule has 5 heterocycles. The number of rotatable bonds is 5. The number of piperidine rings is 1. The molecule has 8 nitrogen and oxygen atoms in total. The number of nitriles is 1. The van der Waals surface area contributed by atoms with E-state index in [0.717, 1.165) is 73.5 Å². The Labute approximate surface area is 233 Å².